The van der Waals surface area contributed by atoms with Gasteiger partial charge in [0.25, 0.3) is 5.24 Å². The van der Waals surface area contributed by atoms with Crippen molar-refractivity contribution >= 4 is 16.8 Å². The van der Waals surface area contributed by atoms with Crippen molar-refractivity contribution in [1.29, 1.82) is 0 Å². The molecule has 1 unspecified atom stereocenters. The van der Waals surface area contributed by atoms with Gasteiger partial charge in [-0.05, 0) is 17.2 Å². The Labute approximate surface area is 88.6 Å². The van der Waals surface area contributed by atoms with Crippen molar-refractivity contribution in [3.05, 3.63) is 35.9 Å². The Bertz CT molecular complexity index is 337. The molecule has 15 heavy (non-hydrogen) atoms. The fourth-order valence-electron chi connectivity index (χ4n) is 1.01. The Balaban J connectivity index is 2.90. The van der Waals surface area contributed by atoms with E-state index in [2.05, 4.69) is 4.74 Å². The van der Waals surface area contributed by atoms with E-state index < -0.39 is 17.7 Å². The summed E-state index contributed by atoms with van der Waals surface area (Å²) in [7, 11) is 0. The molecule has 82 valence electrons. The number of rotatable bonds is 3. The first-order valence-corrected chi connectivity index (χ1v) is 4.27. The van der Waals surface area contributed by atoms with E-state index in [4.69, 9.17) is 11.6 Å². The van der Waals surface area contributed by atoms with Gasteiger partial charge in [-0.25, -0.2) is 0 Å². The van der Waals surface area contributed by atoms with Crippen LogP contribution in [0, 0.1) is 0 Å². The SMILES string of the molecule is O=C(Cl)C(OC(F)(F)F)c1ccccc1. The van der Waals surface area contributed by atoms with Crippen LogP contribution in [0.2, 0.25) is 0 Å². The molecule has 0 saturated carbocycles. The second-order valence-electron chi connectivity index (χ2n) is 2.66. The van der Waals surface area contributed by atoms with E-state index >= 15 is 0 Å². The minimum absolute atomic E-state index is 0.0647. The van der Waals surface area contributed by atoms with Crippen molar-refractivity contribution in [2.24, 2.45) is 0 Å². The van der Waals surface area contributed by atoms with Crippen LogP contribution in [-0.4, -0.2) is 11.6 Å². The zero-order chi connectivity index (χ0) is 11.5. The summed E-state index contributed by atoms with van der Waals surface area (Å²) in [5.41, 5.74) is 0.0647. The smallest absolute Gasteiger partial charge is 0.278 e. The van der Waals surface area contributed by atoms with Gasteiger partial charge in [0.1, 0.15) is 0 Å². The zero-order valence-corrected chi connectivity index (χ0v) is 8.05. The Hall–Kier alpha value is -1.07. The average molecular weight is 239 g/mol. The quantitative estimate of drug-likeness (QED) is 0.757. The first-order chi connectivity index (χ1) is 6.90. The van der Waals surface area contributed by atoms with Crippen molar-refractivity contribution in [3.63, 3.8) is 0 Å². The van der Waals surface area contributed by atoms with Crippen molar-refractivity contribution in [3.8, 4) is 0 Å². The maximum Gasteiger partial charge on any atom is 0.523 e. The number of benzene rings is 1. The highest BCUT2D eigenvalue weighted by Gasteiger charge is 2.36. The van der Waals surface area contributed by atoms with Crippen molar-refractivity contribution in [2.45, 2.75) is 12.5 Å². The van der Waals surface area contributed by atoms with Crippen LogP contribution in [0.3, 0.4) is 0 Å². The second kappa shape index (κ2) is 4.63. The molecule has 0 spiro atoms. The molecule has 0 aromatic heterocycles. The van der Waals surface area contributed by atoms with Gasteiger partial charge in [-0.3, -0.25) is 9.53 Å². The third kappa shape index (κ3) is 3.89. The maximum atomic E-state index is 11.9. The number of carbonyl (C=O) groups is 1. The highest BCUT2D eigenvalue weighted by Crippen LogP contribution is 2.29. The van der Waals surface area contributed by atoms with Crippen molar-refractivity contribution in [2.75, 3.05) is 0 Å². The average Bonchev–Trinajstić information content (AvgIpc) is 2.14. The molecule has 1 aromatic rings. The summed E-state index contributed by atoms with van der Waals surface area (Å²) in [6.07, 6.45) is -6.71. The molecule has 0 saturated heterocycles. The third-order valence-electron chi connectivity index (χ3n) is 1.56. The molecule has 0 bridgehead atoms. The summed E-state index contributed by atoms with van der Waals surface area (Å²) in [6, 6.07) is 7.24. The molecular weight excluding hydrogens is 233 g/mol. The van der Waals surface area contributed by atoms with Gasteiger partial charge in [-0.2, -0.15) is 0 Å². The Morgan fingerprint density at radius 2 is 1.80 bits per heavy atom. The van der Waals surface area contributed by atoms with Crippen LogP contribution in [0.1, 0.15) is 11.7 Å². The van der Waals surface area contributed by atoms with Crippen LogP contribution in [-0.2, 0) is 9.53 Å². The minimum atomic E-state index is -4.90. The molecule has 0 N–H and O–H groups in total. The van der Waals surface area contributed by atoms with Gasteiger partial charge in [0.05, 0.1) is 0 Å². The standard InChI is InChI=1S/C9H6ClF3O2/c10-8(14)7(15-9(11,12)13)6-4-2-1-3-5-6/h1-5,7H. The van der Waals surface area contributed by atoms with E-state index in [0.29, 0.717) is 0 Å². The van der Waals surface area contributed by atoms with E-state index in [1.807, 2.05) is 0 Å². The van der Waals surface area contributed by atoms with Crippen LogP contribution < -0.4 is 0 Å². The molecule has 0 aliphatic heterocycles. The predicted octanol–water partition coefficient (Wildman–Crippen LogP) is 3.03. The highest BCUT2D eigenvalue weighted by atomic mass is 35.5. The van der Waals surface area contributed by atoms with Gasteiger partial charge in [-0.1, -0.05) is 30.3 Å². The topological polar surface area (TPSA) is 26.3 Å². The van der Waals surface area contributed by atoms with Crippen LogP contribution in [0.25, 0.3) is 0 Å². The molecule has 6 heteroatoms. The first kappa shape index (κ1) is 12.0. The summed E-state index contributed by atoms with van der Waals surface area (Å²) in [5, 5.41) is -1.21. The summed E-state index contributed by atoms with van der Waals surface area (Å²) in [5.74, 6) is 0. The number of hydrogen-bond donors (Lipinski definition) is 0. The number of alkyl halides is 3. The van der Waals surface area contributed by atoms with E-state index in [9.17, 15) is 18.0 Å². The van der Waals surface area contributed by atoms with Gasteiger partial charge < -0.3 is 0 Å². The normalized spacial score (nSPS) is 13.6. The van der Waals surface area contributed by atoms with E-state index in [0.717, 1.165) is 0 Å². The molecule has 0 aliphatic rings. The lowest BCUT2D eigenvalue weighted by atomic mass is 10.1. The number of halogens is 4. The molecule has 0 heterocycles. The lowest BCUT2D eigenvalue weighted by Gasteiger charge is -2.15. The van der Waals surface area contributed by atoms with Crippen LogP contribution in [0.4, 0.5) is 13.2 Å². The number of carbonyl (C=O) groups excluding carboxylic acids is 1. The van der Waals surface area contributed by atoms with Crippen LogP contribution >= 0.6 is 11.6 Å². The van der Waals surface area contributed by atoms with Gasteiger partial charge in [0.15, 0.2) is 6.10 Å². The van der Waals surface area contributed by atoms with Crippen LogP contribution in [0.15, 0.2) is 30.3 Å². The van der Waals surface area contributed by atoms with Gasteiger partial charge in [-0.15, -0.1) is 13.2 Å². The Morgan fingerprint density at radius 3 is 2.20 bits per heavy atom. The molecule has 0 aliphatic carbocycles. The second-order valence-corrected chi connectivity index (χ2v) is 3.03. The monoisotopic (exact) mass is 238 g/mol. The largest absolute Gasteiger partial charge is 0.523 e. The summed E-state index contributed by atoms with van der Waals surface area (Å²) >= 11 is 5.02. The molecule has 1 atom stereocenters. The van der Waals surface area contributed by atoms with E-state index in [1.165, 1.54) is 24.3 Å². The molecule has 0 amide bonds. The Morgan fingerprint density at radius 1 is 1.27 bits per heavy atom. The molecule has 1 aromatic carbocycles. The highest BCUT2D eigenvalue weighted by molar-refractivity contribution is 6.64. The summed E-state index contributed by atoms with van der Waals surface area (Å²) in [4.78, 5) is 10.8. The van der Waals surface area contributed by atoms with Gasteiger partial charge in [0, 0.05) is 0 Å². The number of hydrogen-bond acceptors (Lipinski definition) is 2. The fraction of sp³-hybridized carbons (Fsp3) is 0.222. The molecule has 0 radical (unpaired) electrons. The minimum Gasteiger partial charge on any atom is -0.278 e. The lowest BCUT2D eigenvalue weighted by Crippen LogP contribution is -2.21. The number of ether oxygens (including phenoxy) is 1. The van der Waals surface area contributed by atoms with Gasteiger partial charge in [0.2, 0.25) is 0 Å². The molecule has 2 nitrogen and oxygen atoms in total. The molecule has 0 fully saturated rings. The summed E-state index contributed by atoms with van der Waals surface area (Å²) < 4.78 is 39.4. The zero-order valence-electron chi connectivity index (χ0n) is 7.29. The molecule has 1 rings (SSSR count). The lowest BCUT2D eigenvalue weighted by molar-refractivity contribution is -0.338. The molecular formula is C9H6ClF3O2. The summed E-state index contributed by atoms with van der Waals surface area (Å²) in [6.45, 7) is 0. The fourth-order valence-corrected chi connectivity index (χ4v) is 1.18. The Kier molecular flexibility index (Phi) is 3.71. The van der Waals surface area contributed by atoms with Crippen LogP contribution in [0.5, 0.6) is 0 Å². The van der Waals surface area contributed by atoms with E-state index in [1.54, 1.807) is 6.07 Å². The van der Waals surface area contributed by atoms with Crippen molar-refractivity contribution in [1.82, 2.24) is 0 Å². The maximum absolute atomic E-state index is 11.9. The van der Waals surface area contributed by atoms with E-state index in [-0.39, 0.29) is 5.56 Å². The first-order valence-electron chi connectivity index (χ1n) is 3.89. The third-order valence-corrected chi connectivity index (χ3v) is 1.76. The predicted molar refractivity (Wildman–Crippen MR) is 47.2 cm³/mol. The van der Waals surface area contributed by atoms with Gasteiger partial charge >= 0.3 is 6.36 Å². The van der Waals surface area contributed by atoms with Crippen molar-refractivity contribution < 1.29 is 22.7 Å².